The Balaban J connectivity index is 1.86. The minimum atomic E-state index is -0.187. The third kappa shape index (κ3) is 4.70. The quantitative estimate of drug-likeness (QED) is 0.480. The van der Waals surface area contributed by atoms with Gasteiger partial charge in [0.2, 0.25) is 0 Å². The number of benzene rings is 2. The number of anilines is 1. The minimum Gasteiger partial charge on any atom is -0.497 e. The maximum Gasteiger partial charge on any atom is 0.270 e. The van der Waals surface area contributed by atoms with Crippen LogP contribution in [0.1, 0.15) is 12.5 Å². The number of ether oxygens (including phenoxy) is 3. The third-order valence-electron chi connectivity index (χ3n) is 3.98. The molecule has 0 bridgehead atoms. The molecule has 1 saturated heterocycles. The van der Waals surface area contributed by atoms with Gasteiger partial charge in [0.1, 0.15) is 11.8 Å². The van der Waals surface area contributed by atoms with E-state index in [4.69, 9.17) is 31.7 Å². The van der Waals surface area contributed by atoms with Crippen LogP contribution in [-0.2, 0) is 4.79 Å². The molecule has 1 heterocycles. The Hall–Kier alpha value is -3.02. The van der Waals surface area contributed by atoms with Crippen LogP contribution in [0.15, 0.2) is 47.4 Å². The van der Waals surface area contributed by atoms with Crippen LogP contribution in [0.25, 0.3) is 6.08 Å². The summed E-state index contributed by atoms with van der Waals surface area (Å²) >= 11 is 6.65. The number of nitriles is 1. The van der Waals surface area contributed by atoms with Gasteiger partial charge in [-0.15, -0.1) is 0 Å². The van der Waals surface area contributed by atoms with Gasteiger partial charge in [0.25, 0.3) is 5.91 Å². The fraction of sp³-hybridized carbons (Fsp3) is 0.190. The molecule has 0 N–H and O–H groups in total. The van der Waals surface area contributed by atoms with Crippen LogP contribution in [0.2, 0.25) is 0 Å². The Morgan fingerprint density at radius 2 is 1.93 bits per heavy atom. The zero-order chi connectivity index (χ0) is 20.8. The van der Waals surface area contributed by atoms with Crippen molar-refractivity contribution in [3.8, 4) is 23.3 Å². The average molecular weight is 427 g/mol. The Morgan fingerprint density at radius 1 is 1.17 bits per heavy atom. The number of hydrogen-bond acceptors (Lipinski definition) is 7. The highest BCUT2D eigenvalue weighted by molar-refractivity contribution is 8.27. The van der Waals surface area contributed by atoms with Crippen molar-refractivity contribution in [3.05, 3.63) is 52.9 Å². The molecule has 148 valence electrons. The SMILES string of the molecule is CCOc1cc(/C=C2/SC(=S)N(c3ccc(OC)cc3)C2=O)ccc1OCC#N. The first-order valence-electron chi connectivity index (χ1n) is 8.76. The third-order valence-corrected chi connectivity index (χ3v) is 5.28. The summed E-state index contributed by atoms with van der Waals surface area (Å²) in [4.78, 5) is 14.9. The van der Waals surface area contributed by atoms with Crippen molar-refractivity contribution in [2.24, 2.45) is 0 Å². The smallest absolute Gasteiger partial charge is 0.270 e. The van der Waals surface area contributed by atoms with Crippen LogP contribution in [0.5, 0.6) is 17.2 Å². The highest BCUT2D eigenvalue weighted by Gasteiger charge is 2.33. The second kappa shape index (κ2) is 9.45. The lowest BCUT2D eigenvalue weighted by Gasteiger charge is -2.14. The number of thiocarbonyl (C=S) groups is 1. The van der Waals surface area contributed by atoms with Crippen LogP contribution in [-0.4, -0.2) is 30.6 Å². The summed E-state index contributed by atoms with van der Waals surface area (Å²) in [5.41, 5.74) is 1.46. The summed E-state index contributed by atoms with van der Waals surface area (Å²) in [6, 6.07) is 14.4. The van der Waals surface area contributed by atoms with Crippen molar-refractivity contribution in [1.82, 2.24) is 0 Å². The van der Waals surface area contributed by atoms with Crippen molar-refractivity contribution >= 4 is 46.0 Å². The first-order chi connectivity index (χ1) is 14.1. The summed E-state index contributed by atoms with van der Waals surface area (Å²) in [6.45, 7) is 2.24. The van der Waals surface area contributed by atoms with Gasteiger partial charge in [0.05, 0.1) is 24.3 Å². The van der Waals surface area contributed by atoms with E-state index in [1.165, 1.54) is 16.7 Å². The maximum atomic E-state index is 12.9. The second-order valence-corrected chi connectivity index (χ2v) is 7.48. The number of hydrogen-bond donors (Lipinski definition) is 0. The summed E-state index contributed by atoms with van der Waals surface area (Å²) in [5, 5.41) is 8.71. The van der Waals surface area contributed by atoms with Gasteiger partial charge in [-0.25, -0.2) is 0 Å². The molecule has 2 aromatic carbocycles. The van der Waals surface area contributed by atoms with Gasteiger partial charge < -0.3 is 14.2 Å². The molecule has 0 aromatic heterocycles. The van der Waals surface area contributed by atoms with Gasteiger partial charge in [0, 0.05) is 0 Å². The number of thioether (sulfide) groups is 1. The van der Waals surface area contributed by atoms with Crippen molar-refractivity contribution in [1.29, 1.82) is 5.26 Å². The largest absolute Gasteiger partial charge is 0.497 e. The molecule has 1 fully saturated rings. The number of methoxy groups -OCH3 is 1. The molecular formula is C21H18N2O4S2. The highest BCUT2D eigenvalue weighted by Crippen LogP contribution is 2.37. The molecule has 1 aliphatic rings. The maximum absolute atomic E-state index is 12.9. The summed E-state index contributed by atoms with van der Waals surface area (Å²) in [5.74, 6) is 1.52. The second-order valence-electron chi connectivity index (χ2n) is 5.80. The number of amides is 1. The minimum absolute atomic E-state index is 0.0695. The van der Waals surface area contributed by atoms with Gasteiger partial charge in [-0.3, -0.25) is 9.69 Å². The van der Waals surface area contributed by atoms with E-state index in [0.29, 0.717) is 38.8 Å². The van der Waals surface area contributed by atoms with E-state index < -0.39 is 0 Å². The first kappa shape index (κ1) is 20.7. The van der Waals surface area contributed by atoms with E-state index >= 15 is 0 Å². The molecule has 3 rings (SSSR count). The lowest BCUT2D eigenvalue weighted by Crippen LogP contribution is -2.27. The average Bonchev–Trinajstić information content (AvgIpc) is 3.00. The molecule has 1 amide bonds. The zero-order valence-corrected chi connectivity index (χ0v) is 17.5. The van der Waals surface area contributed by atoms with E-state index in [2.05, 4.69) is 0 Å². The summed E-state index contributed by atoms with van der Waals surface area (Å²) in [7, 11) is 1.59. The van der Waals surface area contributed by atoms with Gasteiger partial charge in [-0.2, -0.15) is 5.26 Å². The zero-order valence-electron chi connectivity index (χ0n) is 15.9. The lowest BCUT2D eigenvalue weighted by atomic mass is 10.1. The number of carbonyl (C=O) groups excluding carboxylic acids is 1. The fourth-order valence-electron chi connectivity index (χ4n) is 2.69. The molecule has 0 atom stereocenters. The predicted molar refractivity (Wildman–Crippen MR) is 117 cm³/mol. The van der Waals surface area contributed by atoms with Gasteiger partial charge >= 0.3 is 0 Å². The van der Waals surface area contributed by atoms with Crippen LogP contribution in [0.3, 0.4) is 0 Å². The predicted octanol–water partition coefficient (Wildman–Crippen LogP) is 4.40. The Morgan fingerprint density at radius 3 is 2.59 bits per heavy atom. The molecule has 0 unspecified atom stereocenters. The molecule has 0 saturated carbocycles. The van der Waals surface area contributed by atoms with Crippen molar-refractivity contribution in [2.45, 2.75) is 6.92 Å². The molecule has 6 nitrogen and oxygen atoms in total. The van der Waals surface area contributed by atoms with E-state index in [1.807, 2.05) is 13.0 Å². The molecule has 8 heteroatoms. The van der Waals surface area contributed by atoms with Gasteiger partial charge in [0.15, 0.2) is 22.4 Å². The normalized spacial score (nSPS) is 14.8. The lowest BCUT2D eigenvalue weighted by molar-refractivity contribution is -0.113. The van der Waals surface area contributed by atoms with Crippen molar-refractivity contribution < 1.29 is 19.0 Å². The molecular weight excluding hydrogens is 408 g/mol. The molecule has 2 aromatic rings. The van der Waals surface area contributed by atoms with Gasteiger partial charge in [-0.1, -0.05) is 30.0 Å². The molecule has 29 heavy (non-hydrogen) atoms. The summed E-state index contributed by atoms with van der Waals surface area (Å²) in [6.07, 6.45) is 1.76. The Kier molecular flexibility index (Phi) is 6.75. The Bertz CT molecular complexity index is 997. The topological polar surface area (TPSA) is 71.8 Å². The molecule has 1 aliphatic heterocycles. The molecule has 0 spiro atoms. The van der Waals surface area contributed by atoms with E-state index in [9.17, 15) is 4.79 Å². The fourth-order valence-corrected chi connectivity index (χ4v) is 3.98. The highest BCUT2D eigenvalue weighted by atomic mass is 32.2. The van der Waals surface area contributed by atoms with Gasteiger partial charge in [-0.05, 0) is 55.0 Å². The van der Waals surface area contributed by atoms with Crippen molar-refractivity contribution in [3.63, 3.8) is 0 Å². The molecule has 0 radical (unpaired) electrons. The number of nitrogens with zero attached hydrogens (tertiary/aromatic N) is 2. The van der Waals surface area contributed by atoms with Crippen LogP contribution in [0, 0.1) is 11.3 Å². The standard InChI is InChI=1S/C21H18N2O4S2/c1-3-26-18-12-14(4-9-17(18)27-11-10-22)13-19-20(24)23(21(28)29-19)15-5-7-16(25-2)8-6-15/h4-9,12-13H,3,11H2,1-2H3/b19-13+. The van der Waals surface area contributed by atoms with E-state index in [-0.39, 0.29) is 12.5 Å². The van der Waals surface area contributed by atoms with Crippen LogP contribution in [0.4, 0.5) is 5.69 Å². The van der Waals surface area contributed by atoms with E-state index in [0.717, 1.165) is 5.56 Å². The van der Waals surface area contributed by atoms with E-state index in [1.54, 1.807) is 55.7 Å². The van der Waals surface area contributed by atoms with Crippen LogP contribution < -0.4 is 19.1 Å². The first-order valence-corrected chi connectivity index (χ1v) is 9.98. The van der Waals surface area contributed by atoms with Crippen molar-refractivity contribution in [2.75, 3.05) is 25.2 Å². The number of rotatable bonds is 7. The number of carbonyl (C=O) groups is 1. The molecule has 0 aliphatic carbocycles. The Labute approximate surface area is 178 Å². The monoisotopic (exact) mass is 426 g/mol. The van der Waals surface area contributed by atoms with Crippen LogP contribution >= 0.6 is 24.0 Å². The summed E-state index contributed by atoms with van der Waals surface area (Å²) < 4.78 is 16.6.